The quantitative estimate of drug-likeness (QED) is 0.451. The minimum Gasteiger partial charge on any atom is -0.352 e. The van der Waals surface area contributed by atoms with Gasteiger partial charge < -0.3 is 10.2 Å². The smallest absolute Gasteiger partial charge is 0.244 e. The minimum atomic E-state index is -3.84. The molecule has 196 valence electrons. The number of halogens is 2. The molecule has 2 amide bonds. The van der Waals surface area contributed by atoms with Gasteiger partial charge in [0.05, 0.1) is 22.0 Å². The molecule has 1 aliphatic carbocycles. The molecule has 1 fully saturated rings. The summed E-state index contributed by atoms with van der Waals surface area (Å²) in [6, 6.07) is 11.4. The Morgan fingerprint density at radius 3 is 2.25 bits per heavy atom. The third-order valence-electron chi connectivity index (χ3n) is 6.43. The van der Waals surface area contributed by atoms with Crippen molar-refractivity contribution in [1.29, 1.82) is 0 Å². The molecule has 0 aliphatic heterocycles. The molecule has 0 bridgehead atoms. The highest BCUT2D eigenvalue weighted by Gasteiger charge is 2.33. The van der Waals surface area contributed by atoms with Crippen LogP contribution < -0.4 is 9.62 Å². The van der Waals surface area contributed by atoms with E-state index in [9.17, 15) is 18.0 Å². The first-order valence-corrected chi connectivity index (χ1v) is 14.7. The van der Waals surface area contributed by atoms with Crippen LogP contribution in [0.4, 0.5) is 5.69 Å². The predicted molar refractivity (Wildman–Crippen MR) is 145 cm³/mol. The van der Waals surface area contributed by atoms with Crippen LogP contribution in [0.5, 0.6) is 0 Å². The van der Waals surface area contributed by atoms with Gasteiger partial charge in [-0.25, -0.2) is 8.42 Å². The van der Waals surface area contributed by atoms with Crippen molar-refractivity contribution < 1.29 is 18.0 Å². The van der Waals surface area contributed by atoms with Crippen molar-refractivity contribution in [3.05, 3.63) is 63.6 Å². The summed E-state index contributed by atoms with van der Waals surface area (Å²) < 4.78 is 26.4. The first kappa shape index (κ1) is 28.3. The topological polar surface area (TPSA) is 86.8 Å². The molecule has 1 aliphatic rings. The number of nitrogens with zero attached hydrogens (tertiary/aromatic N) is 2. The van der Waals surface area contributed by atoms with E-state index in [1.54, 1.807) is 0 Å². The Morgan fingerprint density at radius 2 is 1.69 bits per heavy atom. The van der Waals surface area contributed by atoms with Crippen LogP contribution in [0.3, 0.4) is 0 Å². The third-order valence-corrected chi connectivity index (χ3v) is 8.31. The van der Waals surface area contributed by atoms with Gasteiger partial charge in [-0.15, -0.1) is 0 Å². The number of anilines is 1. The van der Waals surface area contributed by atoms with Crippen LogP contribution in [0, 0.1) is 6.92 Å². The molecule has 1 atom stereocenters. The Labute approximate surface area is 223 Å². The number of carbonyl (C=O) groups is 2. The highest BCUT2D eigenvalue weighted by molar-refractivity contribution is 7.92. The molecule has 2 aromatic rings. The summed E-state index contributed by atoms with van der Waals surface area (Å²) >= 11 is 12.1. The van der Waals surface area contributed by atoms with Gasteiger partial charge in [-0.2, -0.15) is 0 Å². The van der Waals surface area contributed by atoms with Crippen molar-refractivity contribution in [2.24, 2.45) is 0 Å². The van der Waals surface area contributed by atoms with Crippen molar-refractivity contribution in [2.45, 2.75) is 64.6 Å². The maximum absolute atomic E-state index is 13.7. The summed E-state index contributed by atoms with van der Waals surface area (Å²) in [5, 5.41) is 3.54. The van der Waals surface area contributed by atoms with E-state index in [0.29, 0.717) is 6.42 Å². The second-order valence-corrected chi connectivity index (χ2v) is 12.0. The summed E-state index contributed by atoms with van der Waals surface area (Å²) in [4.78, 5) is 28.5. The van der Waals surface area contributed by atoms with E-state index in [2.05, 4.69) is 5.32 Å². The van der Waals surface area contributed by atoms with Crippen molar-refractivity contribution in [3.63, 3.8) is 0 Å². The minimum absolute atomic E-state index is 0.103. The maximum Gasteiger partial charge on any atom is 0.244 e. The standard InChI is InChI=1S/C26H33Cl2N3O4S/c1-4-24(26(33)29-20-7-5-6-8-20)30(16-19-11-9-18(2)10-12-19)25(32)17-31(36(3,34)35)21-13-14-22(27)23(28)15-21/h9-15,20,24H,4-8,16-17H2,1-3H3,(H,29,33). The number of nitrogens with one attached hydrogen (secondary N) is 1. The van der Waals surface area contributed by atoms with Crippen molar-refractivity contribution in [2.75, 3.05) is 17.1 Å². The maximum atomic E-state index is 13.7. The van der Waals surface area contributed by atoms with E-state index in [4.69, 9.17) is 23.2 Å². The van der Waals surface area contributed by atoms with Crippen LogP contribution in [0.25, 0.3) is 0 Å². The molecule has 10 heteroatoms. The zero-order valence-electron chi connectivity index (χ0n) is 20.8. The Kier molecular flexibility index (Phi) is 9.66. The molecule has 0 aromatic heterocycles. The molecule has 2 aromatic carbocycles. The second kappa shape index (κ2) is 12.3. The molecule has 1 N–H and O–H groups in total. The number of aryl methyl sites for hydroxylation is 1. The summed E-state index contributed by atoms with van der Waals surface area (Å²) in [5.41, 5.74) is 2.14. The van der Waals surface area contributed by atoms with Crippen LogP contribution in [-0.4, -0.2) is 50.0 Å². The van der Waals surface area contributed by atoms with Gasteiger partial charge in [-0.1, -0.05) is 72.8 Å². The van der Waals surface area contributed by atoms with Crippen LogP contribution in [0.2, 0.25) is 10.0 Å². The number of hydrogen-bond donors (Lipinski definition) is 1. The fourth-order valence-corrected chi connectivity index (χ4v) is 5.56. The summed E-state index contributed by atoms with van der Waals surface area (Å²) in [7, 11) is -3.84. The summed E-state index contributed by atoms with van der Waals surface area (Å²) in [6.45, 7) is 3.52. The molecule has 0 radical (unpaired) electrons. The van der Waals surface area contributed by atoms with Crippen LogP contribution in [-0.2, 0) is 26.2 Å². The lowest BCUT2D eigenvalue weighted by Gasteiger charge is -2.33. The first-order chi connectivity index (χ1) is 17.0. The van der Waals surface area contributed by atoms with E-state index in [1.807, 2.05) is 38.1 Å². The zero-order valence-corrected chi connectivity index (χ0v) is 23.2. The number of rotatable bonds is 10. The Balaban J connectivity index is 1.92. The average molecular weight is 555 g/mol. The highest BCUT2D eigenvalue weighted by atomic mass is 35.5. The highest BCUT2D eigenvalue weighted by Crippen LogP contribution is 2.29. The van der Waals surface area contributed by atoms with Crippen LogP contribution in [0.1, 0.15) is 50.2 Å². The van der Waals surface area contributed by atoms with E-state index >= 15 is 0 Å². The Hall–Kier alpha value is -2.29. The first-order valence-electron chi connectivity index (χ1n) is 12.1. The third kappa shape index (κ3) is 7.37. The Morgan fingerprint density at radius 1 is 1.06 bits per heavy atom. The molecule has 0 heterocycles. The molecule has 7 nitrogen and oxygen atoms in total. The van der Waals surface area contributed by atoms with Gasteiger partial charge in [0, 0.05) is 12.6 Å². The lowest BCUT2D eigenvalue weighted by Crippen LogP contribution is -2.53. The molecule has 1 saturated carbocycles. The van der Waals surface area contributed by atoms with Gasteiger partial charge in [-0.3, -0.25) is 13.9 Å². The average Bonchev–Trinajstić information content (AvgIpc) is 3.32. The van der Waals surface area contributed by atoms with Gasteiger partial charge in [0.2, 0.25) is 21.8 Å². The molecule has 0 spiro atoms. The van der Waals surface area contributed by atoms with Gasteiger partial charge in [0.25, 0.3) is 0 Å². The second-order valence-electron chi connectivity index (χ2n) is 9.29. The van der Waals surface area contributed by atoms with E-state index in [0.717, 1.165) is 47.4 Å². The fourth-order valence-electron chi connectivity index (χ4n) is 4.43. The molecule has 0 saturated heterocycles. The number of sulfonamides is 1. The van der Waals surface area contributed by atoms with Gasteiger partial charge >= 0.3 is 0 Å². The van der Waals surface area contributed by atoms with E-state index in [1.165, 1.54) is 23.1 Å². The van der Waals surface area contributed by atoms with E-state index in [-0.39, 0.29) is 34.2 Å². The van der Waals surface area contributed by atoms with Gasteiger partial charge in [-0.05, 0) is 49.9 Å². The summed E-state index contributed by atoms with van der Waals surface area (Å²) in [5.74, 6) is -0.703. The van der Waals surface area contributed by atoms with Crippen molar-refractivity contribution >= 4 is 50.7 Å². The number of carbonyl (C=O) groups excluding carboxylic acids is 2. The lowest BCUT2D eigenvalue weighted by atomic mass is 10.1. The largest absolute Gasteiger partial charge is 0.352 e. The molecule has 1 unspecified atom stereocenters. The molecule has 3 rings (SSSR count). The van der Waals surface area contributed by atoms with Gasteiger partial charge in [0.15, 0.2) is 0 Å². The molecular weight excluding hydrogens is 521 g/mol. The van der Waals surface area contributed by atoms with Crippen LogP contribution >= 0.6 is 23.2 Å². The predicted octanol–water partition coefficient (Wildman–Crippen LogP) is 4.93. The normalized spacial score (nSPS) is 14.9. The van der Waals surface area contributed by atoms with E-state index < -0.39 is 28.5 Å². The monoisotopic (exact) mass is 553 g/mol. The van der Waals surface area contributed by atoms with Crippen molar-refractivity contribution in [1.82, 2.24) is 10.2 Å². The SMILES string of the molecule is CCC(C(=O)NC1CCCC1)N(Cc1ccc(C)cc1)C(=O)CN(c1ccc(Cl)c(Cl)c1)S(C)(=O)=O. The van der Waals surface area contributed by atoms with Gasteiger partial charge in [0.1, 0.15) is 12.6 Å². The zero-order chi connectivity index (χ0) is 26.5. The molecular formula is C26H33Cl2N3O4S. The summed E-state index contributed by atoms with van der Waals surface area (Å²) in [6.07, 6.45) is 5.40. The fraction of sp³-hybridized carbons (Fsp3) is 0.462. The lowest BCUT2D eigenvalue weighted by molar-refractivity contribution is -0.140. The number of hydrogen-bond acceptors (Lipinski definition) is 4. The Bertz CT molecular complexity index is 1180. The molecule has 36 heavy (non-hydrogen) atoms. The van der Waals surface area contributed by atoms with Crippen LogP contribution in [0.15, 0.2) is 42.5 Å². The van der Waals surface area contributed by atoms with Crippen molar-refractivity contribution in [3.8, 4) is 0 Å². The number of benzene rings is 2. The number of amides is 2.